The number of hydrogen-bond acceptors (Lipinski definition) is 3. The number of hydrogen-bond donors (Lipinski definition) is 2. The molecule has 150 valence electrons. The van der Waals surface area contributed by atoms with Crippen LogP contribution >= 0.6 is 0 Å². The highest BCUT2D eigenvalue weighted by Crippen LogP contribution is 2.18. The number of benzene rings is 1. The molecule has 2 unspecified atom stereocenters. The van der Waals surface area contributed by atoms with E-state index in [2.05, 4.69) is 65.8 Å². The molecule has 6 heteroatoms. The summed E-state index contributed by atoms with van der Waals surface area (Å²) in [6.07, 6.45) is 2.59. The van der Waals surface area contributed by atoms with Crippen molar-refractivity contribution in [2.75, 3.05) is 40.8 Å². The van der Waals surface area contributed by atoms with E-state index in [1.54, 1.807) is 7.05 Å². The minimum atomic E-state index is 0.227. The van der Waals surface area contributed by atoms with Crippen LogP contribution < -0.4 is 10.6 Å². The number of likely N-dealkylation sites (tertiary alicyclic amines) is 1. The first-order chi connectivity index (χ1) is 13.0. The van der Waals surface area contributed by atoms with E-state index in [0.717, 1.165) is 38.4 Å². The Balaban J connectivity index is 1.91. The number of aliphatic imine (C=N–C) groups is 1. The molecule has 1 aliphatic heterocycles. The molecule has 6 nitrogen and oxygen atoms in total. The van der Waals surface area contributed by atoms with Gasteiger partial charge in [-0.25, -0.2) is 0 Å². The fraction of sp³-hybridized carbons (Fsp3) is 0.619. The predicted molar refractivity (Wildman–Crippen MR) is 112 cm³/mol. The molecule has 27 heavy (non-hydrogen) atoms. The number of aryl methyl sites for hydroxylation is 1. The lowest BCUT2D eigenvalue weighted by atomic mass is 10.0. The van der Waals surface area contributed by atoms with E-state index in [1.807, 2.05) is 11.8 Å². The Hall–Kier alpha value is -2.08. The zero-order valence-electron chi connectivity index (χ0n) is 17.5. The Kier molecular flexibility index (Phi) is 8.10. The molecule has 1 aromatic carbocycles. The van der Waals surface area contributed by atoms with E-state index in [-0.39, 0.29) is 18.0 Å². The Labute approximate surface area is 164 Å². The van der Waals surface area contributed by atoms with E-state index in [0.29, 0.717) is 6.42 Å². The van der Waals surface area contributed by atoms with Crippen LogP contribution in [-0.2, 0) is 11.2 Å². The molecule has 0 aliphatic carbocycles. The standard InChI is InChI=1S/C21H35N5O/c1-6-16-8-10-17(11-9-16)19(25(4)5)14-23-21(22-3)24-18-12-13-26(15-18)20(27)7-2/h8-11,18-19H,6-7,12-15H2,1-5H3,(H2,22,23,24). The smallest absolute Gasteiger partial charge is 0.222 e. The lowest BCUT2D eigenvalue weighted by Crippen LogP contribution is -2.47. The van der Waals surface area contributed by atoms with Crippen LogP contribution in [0.1, 0.15) is 43.9 Å². The second kappa shape index (κ2) is 10.3. The highest BCUT2D eigenvalue weighted by atomic mass is 16.2. The third kappa shape index (κ3) is 5.96. The second-order valence-electron chi connectivity index (χ2n) is 7.35. The van der Waals surface area contributed by atoms with Crippen LogP contribution in [0.2, 0.25) is 0 Å². The summed E-state index contributed by atoms with van der Waals surface area (Å²) in [5.41, 5.74) is 2.65. The molecule has 1 aromatic rings. The van der Waals surface area contributed by atoms with Crippen molar-refractivity contribution in [2.45, 2.75) is 45.2 Å². The number of carbonyl (C=O) groups is 1. The monoisotopic (exact) mass is 373 g/mol. The van der Waals surface area contributed by atoms with Gasteiger partial charge < -0.3 is 20.4 Å². The van der Waals surface area contributed by atoms with E-state index in [1.165, 1.54) is 11.1 Å². The van der Waals surface area contributed by atoms with Crippen LogP contribution in [0.15, 0.2) is 29.3 Å². The first-order valence-corrected chi connectivity index (χ1v) is 9.98. The van der Waals surface area contributed by atoms with Gasteiger partial charge in [0.25, 0.3) is 0 Å². The van der Waals surface area contributed by atoms with Crippen LogP contribution in [-0.4, -0.2) is 68.5 Å². The highest BCUT2D eigenvalue weighted by Gasteiger charge is 2.26. The van der Waals surface area contributed by atoms with Gasteiger partial charge >= 0.3 is 0 Å². The topological polar surface area (TPSA) is 60.0 Å². The lowest BCUT2D eigenvalue weighted by molar-refractivity contribution is -0.129. The van der Waals surface area contributed by atoms with Crippen molar-refractivity contribution in [3.8, 4) is 0 Å². The molecule has 2 rings (SSSR count). The van der Waals surface area contributed by atoms with Crippen LogP contribution in [0.5, 0.6) is 0 Å². The zero-order chi connectivity index (χ0) is 19.8. The van der Waals surface area contributed by atoms with Crippen molar-refractivity contribution >= 4 is 11.9 Å². The maximum absolute atomic E-state index is 11.9. The van der Waals surface area contributed by atoms with Crippen LogP contribution in [0, 0.1) is 0 Å². The van der Waals surface area contributed by atoms with Crippen LogP contribution in [0.25, 0.3) is 0 Å². The molecule has 0 aromatic heterocycles. The Morgan fingerprint density at radius 1 is 1.30 bits per heavy atom. The van der Waals surface area contributed by atoms with Gasteiger partial charge in [0.1, 0.15) is 0 Å². The van der Waals surface area contributed by atoms with Crippen molar-refractivity contribution < 1.29 is 4.79 Å². The number of nitrogens with one attached hydrogen (secondary N) is 2. The van der Waals surface area contributed by atoms with Crippen molar-refractivity contribution in [3.63, 3.8) is 0 Å². The lowest BCUT2D eigenvalue weighted by Gasteiger charge is -2.27. The van der Waals surface area contributed by atoms with Crippen molar-refractivity contribution in [1.29, 1.82) is 0 Å². The molecule has 2 N–H and O–H groups in total. The van der Waals surface area contributed by atoms with Crippen LogP contribution in [0.3, 0.4) is 0 Å². The molecule has 0 bridgehead atoms. The number of nitrogens with zero attached hydrogens (tertiary/aromatic N) is 3. The van der Waals surface area contributed by atoms with E-state index >= 15 is 0 Å². The van der Waals surface area contributed by atoms with Gasteiger partial charge in [-0.1, -0.05) is 38.1 Å². The molecule has 1 heterocycles. The summed E-state index contributed by atoms with van der Waals surface area (Å²) in [6, 6.07) is 9.36. The fourth-order valence-corrected chi connectivity index (χ4v) is 3.48. The van der Waals surface area contributed by atoms with Gasteiger partial charge in [0, 0.05) is 39.1 Å². The third-order valence-corrected chi connectivity index (χ3v) is 5.27. The van der Waals surface area contributed by atoms with Gasteiger partial charge in [-0.2, -0.15) is 0 Å². The quantitative estimate of drug-likeness (QED) is 0.567. The number of likely N-dealkylation sites (N-methyl/N-ethyl adjacent to an activating group) is 1. The number of amides is 1. The number of rotatable bonds is 7. The summed E-state index contributed by atoms with van der Waals surface area (Å²) in [6.45, 7) is 6.43. The maximum Gasteiger partial charge on any atom is 0.222 e. The maximum atomic E-state index is 11.9. The molecule has 0 saturated carbocycles. The van der Waals surface area contributed by atoms with Crippen molar-refractivity contribution in [1.82, 2.24) is 20.4 Å². The summed E-state index contributed by atoms with van der Waals surface area (Å²) in [5.74, 6) is 1.02. The minimum absolute atomic E-state index is 0.227. The second-order valence-corrected chi connectivity index (χ2v) is 7.35. The summed E-state index contributed by atoms with van der Waals surface area (Å²) in [4.78, 5) is 20.4. The normalized spacial score (nSPS) is 18.7. The Bertz CT molecular complexity index is 626. The molecular weight excluding hydrogens is 338 g/mol. The number of carbonyl (C=O) groups excluding carboxylic acids is 1. The summed E-state index contributed by atoms with van der Waals surface area (Å²) >= 11 is 0. The van der Waals surface area contributed by atoms with Crippen molar-refractivity contribution in [2.24, 2.45) is 4.99 Å². The minimum Gasteiger partial charge on any atom is -0.354 e. The SMILES string of the molecule is CCC(=O)N1CCC(NC(=NC)NCC(c2ccc(CC)cc2)N(C)C)C1. The van der Waals surface area contributed by atoms with Gasteiger partial charge in [-0.05, 0) is 38.1 Å². The van der Waals surface area contributed by atoms with Gasteiger partial charge in [-0.15, -0.1) is 0 Å². The Morgan fingerprint density at radius 2 is 2.00 bits per heavy atom. The first-order valence-electron chi connectivity index (χ1n) is 9.98. The van der Waals surface area contributed by atoms with Crippen LogP contribution in [0.4, 0.5) is 0 Å². The third-order valence-electron chi connectivity index (χ3n) is 5.27. The molecule has 0 radical (unpaired) electrons. The molecule has 1 aliphatic rings. The summed E-state index contributed by atoms with van der Waals surface area (Å²) in [7, 11) is 5.99. The molecule has 1 fully saturated rings. The summed E-state index contributed by atoms with van der Waals surface area (Å²) in [5, 5.41) is 6.92. The zero-order valence-corrected chi connectivity index (χ0v) is 17.5. The van der Waals surface area contributed by atoms with E-state index < -0.39 is 0 Å². The number of guanidine groups is 1. The van der Waals surface area contributed by atoms with E-state index in [4.69, 9.17) is 0 Å². The fourth-order valence-electron chi connectivity index (χ4n) is 3.48. The molecule has 1 amide bonds. The first kappa shape index (κ1) is 21.2. The predicted octanol–water partition coefficient (Wildman–Crippen LogP) is 2.03. The van der Waals surface area contributed by atoms with Gasteiger partial charge in [0.15, 0.2) is 5.96 Å². The largest absolute Gasteiger partial charge is 0.354 e. The molecular formula is C21H35N5O. The average molecular weight is 374 g/mol. The molecule has 1 saturated heterocycles. The van der Waals surface area contributed by atoms with Gasteiger partial charge in [0.05, 0.1) is 6.04 Å². The average Bonchev–Trinajstić information content (AvgIpc) is 3.15. The Morgan fingerprint density at radius 3 is 2.56 bits per heavy atom. The summed E-state index contributed by atoms with van der Waals surface area (Å²) < 4.78 is 0. The molecule has 0 spiro atoms. The van der Waals surface area contributed by atoms with Gasteiger partial charge in [0.2, 0.25) is 5.91 Å². The highest BCUT2D eigenvalue weighted by molar-refractivity contribution is 5.80. The van der Waals surface area contributed by atoms with E-state index in [9.17, 15) is 4.79 Å². The molecule has 2 atom stereocenters. The van der Waals surface area contributed by atoms with Gasteiger partial charge in [-0.3, -0.25) is 9.79 Å². The van der Waals surface area contributed by atoms with Crippen molar-refractivity contribution in [3.05, 3.63) is 35.4 Å².